The highest BCUT2D eigenvalue weighted by Gasteiger charge is 2.18. The van der Waals surface area contributed by atoms with Crippen molar-refractivity contribution in [2.75, 3.05) is 7.11 Å². The summed E-state index contributed by atoms with van der Waals surface area (Å²) in [4.78, 5) is 17.3. The van der Waals surface area contributed by atoms with Gasteiger partial charge in [-0.3, -0.25) is 9.79 Å². The van der Waals surface area contributed by atoms with Gasteiger partial charge in [-0.2, -0.15) is 12.6 Å². The van der Waals surface area contributed by atoms with Crippen LogP contribution in [0.5, 0.6) is 11.5 Å². The lowest BCUT2D eigenvalue weighted by molar-refractivity contribution is 0.276. The van der Waals surface area contributed by atoms with Crippen molar-refractivity contribution < 1.29 is 23.6 Å². The minimum atomic E-state index is -4.55. The second-order valence-corrected chi connectivity index (χ2v) is 4.21. The van der Waals surface area contributed by atoms with Crippen LogP contribution in [0, 0.1) is 0 Å². The topological polar surface area (TPSA) is 76.0 Å². The predicted molar refractivity (Wildman–Crippen MR) is 58.4 cm³/mol. The van der Waals surface area contributed by atoms with Crippen LogP contribution >= 0.6 is 20.5 Å². The van der Waals surface area contributed by atoms with Gasteiger partial charge >= 0.3 is 7.82 Å². The molecule has 1 aromatic rings. The second-order valence-electron chi connectivity index (χ2n) is 2.73. The minimum Gasteiger partial charge on any atom is -0.493 e. The van der Waals surface area contributed by atoms with E-state index in [9.17, 15) is 4.57 Å². The Labute approximate surface area is 92.7 Å². The fraction of sp³-hybridized carbons (Fsp3) is 0.250. The lowest BCUT2D eigenvalue weighted by atomic mass is 10.2. The van der Waals surface area contributed by atoms with Gasteiger partial charge < -0.3 is 9.26 Å². The van der Waals surface area contributed by atoms with E-state index in [0.717, 1.165) is 5.56 Å². The zero-order valence-corrected chi connectivity index (χ0v) is 9.74. The Balaban J connectivity index is 3.03. The van der Waals surface area contributed by atoms with Crippen LogP contribution in [0.25, 0.3) is 0 Å². The Kier molecular flexibility index (Phi) is 4.04. The molecule has 0 bridgehead atoms. The molecule has 0 saturated heterocycles. The van der Waals surface area contributed by atoms with E-state index < -0.39 is 7.82 Å². The van der Waals surface area contributed by atoms with Gasteiger partial charge in [-0.25, -0.2) is 4.57 Å². The van der Waals surface area contributed by atoms with E-state index in [4.69, 9.17) is 14.5 Å². The molecular formula is C8H11O5PS. The van der Waals surface area contributed by atoms with E-state index in [-0.39, 0.29) is 11.5 Å². The quantitative estimate of drug-likeness (QED) is 0.559. The van der Waals surface area contributed by atoms with Gasteiger partial charge in [0.1, 0.15) is 0 Å². The summed E-state index contributed by atoms with van der Waals surface area (Å²) < 4.78 is 20.0. The van der Waals surface area contributed by atoms with Crippen LogP contribution in [0.3, 0.4) is 0 Å². The molecule has 1 rings (SSSR count). The number of phosphoric acid groups is 1. The van der Waals surface area contributed by atoms with E-state index in [2.05, 4.69) is 17.2 Å². The molecule has 0 atom stereocenters. The highest BCUT2D eigenvalue weighted by Crippen LogP contribution is 2.42. The van der Waals surface area contributed by atoms with Gasteiger partial charge in [0.15, 0.2) is 11.5 Å². The van der Waals surface area contributed by atoms with E-state index in [1.165, 1.54) is 13.2 Å². The molecule has 5 nitrogen and oxygen atoms in total. The third-order valence-corrected chi connectivity index (χ3v) is 2.43. The van der Waals surface area contributed by atoms with Crippen LogP contribution < -0.4 is 9.26 Å². The van der Waals surface area contributed by atoms with E-state index in [1.807, 2.05) is 0 Å². The Morgan fingerprint density at radius 1 is 1.40 bits per heavy atom. The summed E-state index contributed by atoms with van der Waals surface area (Å²) >= 11 is 4.07. The van der Waals surface area contributed by atoms with Crippen LogP contribution in [0.2, 0.25) is 0 Å². The van der Waals surface area contributed by atoms with Crippen molar-refractivity contribution in [3.05, 3.63) is 23.8 Å². The molecule has 15 heavy (non-hydrogen) atoms. The van der Waals surface area contributed by atoms with Crippen molar-refractivity contribution in [3.8, 4) is 11.5 Å². The van der Waals surface area contributed by atoms with Crippen molar-refractivity contribution in [3.63, 3.8) is 0 Å². The van der Waals surface area contributed by atoms with Crippen molar-refractivity contribution in [1.29, 1.82) is 0 Å². The zero-order chi connectivity index (χ0) is 11.5. The molecule has 2 N–H and O–H groups in total. The molecule has 0 heterocycles. The van der Waals surface area contributed by atoms with Gasteiger partial charge in [-0.05, 0) is 17.7 Å². The maximum atomic E-state index is 10.6. The first-order valence-electron chi connectivity index (χ1n) is 3.99. The molecule has 0 fully saturated rings. The summed E-state index contributed by atoms with van der Waals surface area (Å²) in [5.41, 5.74) is 0.869. The summed E-state index contributed by atoms with van der Waals surface area (Å²) in [5.74, 6) is 0.785. The third kappa shape index (κ3) is 3.76. The average Bonchev–Trinajstić information content (AvgIpc) is 2.16. The van der Waals surface area contributed by atoms with Crippen molar-refractivity contribution in [2.24, 2.45) is 0 Å². The SMILES string of the molecule is COc1cc(CS)ccc1OP(=O)(O)O. The highest BCUT2D eigenvalue weighted by molar-refractivity contribution is 7.79. The van der Waals surface area contributed by atoms with E-state index >= 15 is 0 Å². The average molecular weight is 250 g/mol. The second kappa shape index (κ2) is 4.90. The summed E-state index contributed by atoms with van der Waals surface area (Å²) in [6.07, 6.45) is 0. The Morgan fingerprint density at radius 2 is 2.07 bits per heavy atom. The molecule has 0 saturated carbocycles. The van der Waals surface area contributed by atoms with E-state index in [1.54, 1.807) is 12.1 Å². The van der Waals surface area contributed by atoms with E-state index in [0.29, 0.717) is 5.75 Å². The highest BCUT2D eigenvalue weighted by atomic mass is 32.1. The molecule has 84 valence electrons. The smallest absolute Gasteiger partial charge is 0.493 e. The molecular weight excluding hydrogens is 239 g/mol. The molecule has 0 unspecified atom stereocenters. The molecule has 0 aliphatic rings. The Hall–Kier alpha value is -0.680. The van der Waals surface area contributed by atoms with Gasteiger partial charge in [0.2, 0.25) is 0 Å². The van der Waals surface area contributed by atoms with Crippen LogP contribution in [-0.2, 0) is 10.3 Å². The summed E-state index contributed by atoms with van der Waals surface area (Å²) in [7, 11) is -3.16. The maximum absolute atomic E-state index is 10.6. The van der Waals surface area contributed by atoms with Crippen LogP contribution in [0.4, 0.5) is 0 Å². The lowest BCUT2D eigenvalue weighted by Crippen LogP contribution is -1.94. The number of methoxy groups -OCH3 is 1. The first-order valence-corrected chi connectivity index (χ1v) is 6.15. The Bertz CT molecular complexity index is 389. The van der Waals surface area contributed by atoms with Crippen molar-refractivity contribution in [1.82, 2.24) is 0 Å². The predicted octanol–water partition coefficient (Wildman–Crippen LogP) is 1.60. The number of thiol groups is 1. The van der Waals surface area contributed by atoms with Crippen LogP contribution in [-0.4, -0.2) is 16.9 Å². The minimum absolute atomic E-state index is 0.0105. The standard InChI is InChI=1S/C8H11O5PS/c1-12-8-4-6(5-15)2-3-7(8)13-14(9,10)11/h2-4,15H,5H2,1H3,(H2,9,10,11). The lowest BCUT2D eigenvalue weighted by Gasteiger charge is -2.11. The van der Waals surface area contributed by atoms with Crippen LogP contribution in [0.15, 0.2) is 18.2 Å². The summed E-state index contributed by atoms with van der Waals surface area (Å²) in [6, 6.07) is 4.70. The van der Waals surface area contributed by atoms with Crippen LogP contribution in [0.1, 0.15) is 5.56 Å². The van der Waals surface area contributed by atoms with Crippen molar-refractivity contribution >= 4 is 20.5 Å². The third-order valence-electron chi connectivity index (χ3n) is 1.63. The molecule has 0 aliphatic carbocycles. The molecule has 0 amide bonds. The van der Waals surface area contributed by atoms with Gasteiger partial charge in [-0.1, -0.05) is 6.07 Å². The first-order chi connectivity index (χ1) is 6.96. The molecule has 0 aliphatic heterocycles. The molecule has 0 aromatic heterocycles. The zero-order valence-electron chi connectivity index (χ0n) is 7.95. The number of rotatable bonds is 4. The van der Waals surface area contributed by atoms with Crippen molar-refractivity contribution in [2.45, 2.75) is 5.75 Å². The van der Waals surface area contributed by atoms with Gasteiger partial charge in [0.25, 0.3) is 0 Å². The number of ether oxygens (including phenoxy) is 1. The molecule has 0 radical (unpaired) electrons. The fourth-order valence-electron chi connectivity index (χ4n) is 1.01. The Morgan fingerprint density at radius 3 is 2.53 bits per heavy atom. The normalized spacial score (nSPS) is 11.2. The number of benzene rings is 1. The largest absolute Gasteiger partial charge is 0.524 e. The molecule has 0 spiro atoms. The summed E-state index contributed by atoms with van der Waals surface area (Å²) in [5, 5.41) is 0. The summed E-state index contributed by atoms with van der Waals surface area (Å²) in [6.45, 7) is 0. The maximum Gasteiger partial charge on any atom is 0.524 e. The van der Waals surface area contributed by atoms with Gasteiger partial charge in [0, 0.05) is 5.75 Å². The van der Waals surface area contributed by atoms with Gasteiger partial charge in [-0.15, -0.1) is 0 Å². The first kappa shape index (κ1) is 12.4. The van der Waals surface area contributed by atoms with Gasteiger partial charge in [0.05, 0.1) is 7.11 Å². The fourth-order valence-corrected chi connectivity index (χ4v) is 1.62. The number of hydrogen-bond acceptors (Lipinski definition) is 4. The number of hydrogen-bond donors (Lipinski definition) is 3. The molecule has 7 heteroatoms. The molecule has 1 aromatic carbocycles. The monoisotopic (exact) mass is 250 g/mol. The number of phosphoric ester groups is 1.